The zero-order valence-electron chi connectivity index (χ0n) is 12.4. The van der Waals surface area contributed by atoms with Gasteiger partial charge < -0.3 is 19.2 Å². The van der Waals surface area contributed by atoms with Crippen LogP contribution in [0.3, 0.4) is 0 Å². The third kappa shape index (κ3) is 3.48. The molecule has 0 saturated heterocycles. The molecule has 0 bridgehead atoms. The van der Waals surface area contributed by atoms with Gasteiger partial charge in [0, 0.05) is 13.1 Å². The molecule has 0 radical (unpaired) electrons. The summed E-state index contributed by atoms with van der Waals surface area (Å²) >= 11 is 0. The SMILES string of the molecule is OC(COCc1ccco1)CN1CCCc2cccc(F)c21. The molecule has 1 unspecified atom stereocenters. The Morgan fingerprint density at radius 2 is 2.23 bits per heavy atom. The average Bonchev–Trinajstić information content (AvgIpc) is 3.01. The molecule has 1 aliphatic rings. The number of fused-ring (bicyclic) bond motifs is 1. The van der Waals surface area contributed by atoms with Crippen molar-refractivity contribution in [1.82, 2.24) is 0 Å². The summed E-state index contributed by atoms with van der Waals surface area (Å²) < 4.78 is 24.6. The fourth-order valence-corrected chi connectivity index (χ4v) is 2.87. The molecule has 1 atom stereocenters. The Morgan fingerprint density at radius 3 is 3.05 bits per heavy atom. The van der Waals surface area contributed by atoms with Crippen LogP contribution >= 0.6 is 0 Å². The molecule has 3 rings (SSSR count). The monoisotopic (exact) mass is 305 g/mol. The zero-order chi connectivity index (χ0) is 15.4. The Labute approximate surface area is 129 Å². The van der Waals surface area contributed by atoms with Crippen molar-refractivity contribution < 1.29 is 18.7 Å². The van der Waals surface area contributed by atoms with Gasteiger partial charge in [0.25, 0.3) is 0 Å². The van der Waals surface area contributed by atoms with E-state index in [0.717, 1.165) is 30.7 Å². The van der Waals surface area contributed by atoms with E-state index in [9.17, 15) is 9.50 Å². The first-order valence-electron chi connectivity index (χ1n) is 7.54. The lowest BCUT2D eigenvalue weighted by Gasteiger charge is -2.33. The second-order valence-corrected chi connectivity index (χ2v) is 5.55. The minimum atomic E-state index is -0.666. The summed E-state index contributed by atoms with van der Waals surface area (Å²) in [5.74, 6) is 0.502. The summed E-state index contributed by atoms with van der Waals surface area (Å²) in [7, 11) is 0. The van der Waals surface area contributed by atoms with Crippen LogP contribution < -0.4 is 4.90 Å². The van der Waals surface area contributed by atoms with E-state index in [2.05, 4.69) is 0 Å². The van der Waals surface area contributed by atoms with E-state index in [4.69, 9.17) is 9.15 Å². The number of hydrogen-bond donors (Lipinski definition) is 1. The van der Waals surface area contributed by atoms with Gasteiger partial charge in [-0.3, -0.25) is 0 Å². The lowest BCUT2D eigenvalue weighted by Crippen LogP contribution is -2.38. The third-order valence-corrected chi connectivity index (χ3v) is 3.83. The molecule has 0 spiro atoms. The van der Waals surface area contributed by atoms with Gasteiger partial charge in [0.05, 0.1) is 24.7 Å². The van der Waals surface area contributed by atoms with Crippen molar-refractivity contribution in [3.05, 3.63) is 53.7 Å². The molecule has 0 fully saturated rings. The number of ether oxygens (including phenoxy) is 1. The summed E-state index contributed by atoms with van der Waals surface area (Å²) in [4.78, 5) is 1.91. The number of hydrogen-bond acceptors (Lipinski definition) is 4. The van der Waals surface area contributed by atoms with Gasteiger partial charge in [-0.2, -0.15) is 0 Å². The van der Waals surface area contributed by atoms with Crippen LogP contribution in [0.15, 0.2) is 41.0 Å². The van der Waals surface area contributed by atoms with Crippen molar-refractivity contribution in [2.24, 2.45) is 0 Å². The maximum absolute atomic E-state index is 14.0. The highest BCUT2D eigenvalue weighted by Crippen LogP contribution is 2.29. The van der Waals surface area contributed by atoms with Crippen LogP contribution in [0.25, 0.3) is 0 Å². The number of aliphatic hydroxyl groups is 1. The second kappa shape index (κ2) is 6.94. The van der Waals surface area contributed by atoms with Gasteiger partial charge in [-0.1, -0.05) is 12.1 Å². The fraction of sp³-hybridized carbons (Fsp3) is 0.412. The topological polar surface area (TPSA) is 45.8 Å². The molecule has 2 heterocycles. The molecule has 2 aromatic rings. The quantitative estimate of drug-likeness (QED) is 0.891. The predicted octanol–water partition coefficient (Wildman–Crippen LogP) is 2.75. The number of para-hydroxylation sites is 1. The first-order chi connectivity index (χ1) is 10.7. The van der Waals surface area contributed by atoms with Crippen LogP contribution in [0.4, 0.5) is 10.1 Å². The van der Waals surface area contributed by atoms with E-state index in [1.54, 1.807) is 18.4 Å². The summed E-state index contributed by atoms with van der Waals surface area (Å²) in [5.41, 5.74) is 1.63. The molecule has 0 aliphatic carbocycles. The molecule has 5 heteroatoms. The fourth-order valence-electron chi connectivity index (χ4n) is 2.87. The van der Waals surface area contributed by atoms with Crippen LogP contribution in [0.2, 0.25) is 0 Å². The lowest BCUT2D eigenvalue weighted by atomic mass is 10.0. The number of anilines is 1. The van der Waals surface area contributed by atoms with Crippen molar-refractivity contribution >= 4 is 5.69 Å². The summed E-state index contributed by atoms with van der Waals surface area (Å²) in [5, 5.41) is 10.1. The highest BCUT2D eigenvalue weighted by Gasteiger charge is 2.22. The van der Waals surface area contributed by atoms with Gasteiger partial charge in [-0.25, -0.2) is 4.39 Å². The Kier molecular flexibility index (Phi) is 4.75. The average molecular weight is 305 g/mol. The molecule has 118 valence electrons. The van der Waals surface area contributed by atoms with Gasteiger partial charge in [0.15, 0.2) is 0 Å². The van der Waals surface area contributed by atoms with Gasteiger partial charge in [-0.05, 0) is 36.6 Å². The number of halogens is 1. The van der Waals surface area contributed by atoms with E-state index in [-0.39, 0.29) is 12.4 Å². The first-order valence-corrected chi connectivity index (χ1v) is 7.54. The second-order valence-electron chi connectivity index (χ2n) is 5.55. The first kappa shape index (κ1) is 15.1. The number of nitrogens with zero attached hydrogens (tertiary/aromatic N) is 1. The number of aryl methyl sites for hydroxylation is 1. The van der Waals surface area contributed by atoms with E-state index < -0.39 is 6.10 Å². The van der Waals surface area contributed by atoms with Crippen molar-refractivity contribution in [2.45, 2.75) is 25.6 Å². The van der Waals surface area contributed by atoms with Crippen LogP contribution in [-0.4, -0.2) is 30.9 Å². The van der Waals surface area contributed by atoms with Gasteiger partial charge >= 0.3 is 0 Å². The van der Waals surface area contributed by atoms with Crippen molar-refractivity contribution in [1.29, 1.82) is 0 Å². The standard InChI is InChI=1S/C17H20FNO3/c18-16-7-1-4-13-5-2-8-19(17(13)16)10-14(20)11-21-12-15-6-3-9-22-15/h1,3-4,6-7,9,14,20H,2,5,8,10-12H2. The molecular formula is C17H20FNO3. The zero-order valence-corrected chi connectivity index (χ0v) is 12.4. The largest absolute Gasteiger partial charge is 0.467 e. The molecule has 0 saturated carbocycles. The van der Waals surface area contributed by atoms with E-state index >= 15 is 0 Å². The number of β-amino-alcohol motifs (C(OH)–C–C–N with tert-alkyl or cyclic N) is 1. The summed E-state index contributed by atoms with van der Waals surface area (Å²) in [6.07, 6.45) is 2.77. The summed E-state index contributed by atoms with van der Waals surface area (Å²) in [6.45, 7) is 1.64. The molecule has 22 heavy (non-hydrogen) atoms. The number of rotatable bonds is 6. The highest BCUT2D eigenvalue weighted by atomic mass is 19.1. The van der Waals surface area contributed by atoms with Crippen molar-refractivity contribution in [3.63, 3.8) is 0 Å². The Bertz CT molecular complexity index is 600. The summed E-state index contributed by atoms with van der Waals surface area (Å²) in [6, 6.07) is 8.77. The minimum absolute atomic E-state index is 0.195. The Balaban J connectivity index is 1.55. The number of benzene rings is 1. The molecule has 1 aliphatic heterocycles. The minimum Gasteiger partial charge on any atom is -0.467 e. The van der Waals surface area contributed by atoms with Crippen LogP contribution in [0.1, 0.15) is 17.7 Å². The smallest absolute Gasteiger partial charge is 0.146 e. The van der Waals surface area contributed by atoms with Crippen LogP contribution in [-0.2, 0) is 17.8 Å². The molecular weight excluding hydrogens is 285 g/mol. The third-order valence-electron chi connectivity index (χ3n) is 3.83. The van der Waals surface area contributed by atoms with Crippen LogP contribution in [0.5, 0.6) is 0 Å². The van der Waals surface area contributed by atoms with Gasteiger partial charge in [0.1, 0.15) is 18.2 Å². The number of furan rings is 1. The number of aliphatic hydroxyl groups excluding tert-OH is 1. The van der Waals surface area contributed by atoms with E-state index in [1.807, 2.05) is 17.0 Å². The Morgan fingerprint density at radius 1 is 1.32 bits per heavy atom. The molecule has 1 N–H and O–H groups in total. The van der Waals surface area contributed by atoms with Gasteiger partial charge in [-0.15, -0.1) is 0 Å². The van der Waals surface area contributed by atoms with Crippen molar-refractivity contribution in [2.75, 3.05) is 24.6 Å². The lowest BCUT2D eigenvalue weighted by molar-refractivity contribution is 0.0254. The molecule has 1 aromatic heterocycles. The van der Waals surface area contributed by atoms with E-state index in [0.29, 0.717) is 18.8 Å². The maximum Gasteiger partial charge on any atom is 0.146 e. The van der Waals surface area contributed by atoms with Crippen LogP contribution in [0, 0.1) is 5.82 Å². The Hall–Kier alpha value is -1.85. The van der Waals surface area contributed by atoms with E-state index in [1.165, 1.54) is 6.07 Å². The predicted molar refractivity (Wildman–Crippen MR) is 81.3 cm³/mol. The molecule has 4 nitrogen and oxygen atoms in total. The van der Waals surface area contributed by atoms with Crippen molar-refractivity contribution in [3.8, 4) is 0 Å². The maximum atomic E-state index is 14.0. The molecule has 0 amide bonds. The molecule has 1 aromatic carbocycles. The highest BCUT2D eigenvalue weighted by molar-refractivity contribution is 5.56. The van der Waals surface area contributed by atoms with Gasteiger partial charge in [0.2, 0.25) is 0 Å². The normalized spacial score (nSPS) is 15.6.